The van der Waals surface area contributed by atoms with Gasteiger partial charge in [-0.2, -0.15) is 0 Å². The summed E-state index contributed by atoms with van der Waals surface area (Å²) in [5.41, 5.74) is 5.35. The number of primary amides is 1. The number of benzene rings is 2. The quantitative estimate of drug-likeness (QED) is 0.321. The van der Waals surface area contributed by atoms with Gasteiger partial charge in [0.2, 0.25) is 23.3 Å². The van der Waals surface area contributed by atoms with Crippen LogP contribution in [0.25, 0.3) is 0 Å². The Hall–Kier alpha value is -4.12. The first-order chi connectivity index (χ1) is 16.2. The predicted octanol–water partition coefficient (Wildman–Crippen LogP) is 0.0675. The lowest BCUT2D eigenvalue weighted by Gasteiger charge is -2.26. The average molecular weight is 464 g/mol. The molecule has 0 bridgehead atoms. The van der Waals surface area contributed by atoms with Crippen LogP contribution in [-0.4, -0.2) is 34.6 Å². The molecular weight excluding hydrogens is 442 g/mol. The molecule has 4 atom stereocenters. The molecule has 2 fully saturated rings. The first-order valence-corrected chi connectivity index (χ1v) is 10.8. The van der Waals surface area contributed by atoms with Gasteiger partial charge in [0, 0.05) is 30.0 Å². The average Bonchev–Trinajstić information content (AvgIpc) is 3.37. The van der Waals surface area contributed by atoms with Crippen molar-refractivity contribution in [3.8, 4) is 0 Å². The summed E-state index contributed by atoms with van der Waals surface area (Å²) in [5.74, 6) is -4.05. The summed E-state index contributed by atoms with van der Waals surface area (Å²) in [6, 6.07) is 10.6. The van der Waals surface area contributed by atoms with Crippen LogP contribution in [0, 0.1) is 28.9 Å². The normalized spacial score (nSPS) is 27.1. The van der Waals surface area contributed by atoms with Gasteiger partial charge < -0.3 is 16.4 Å². The molecule has 2 saturated heterocycles. The number of hydrogen-bond acceptors (Lipinski definition) is 6. The first-order valence-electron chi connectivity index (χ1n) is 10.8. The number of fused-ring (bicyclic) bond motifs is 4. The number of nitrogens with one attached hydrogen (secondary N) is 1. The summed E-state index contributed by atoms with van der Waals surface area (Å²) in [5, 5.41) is 16.0. The molecule has 2 aromatic carbocycles. The minimum Gasteiger partial charge on any atom is -0.370 e. The highest BCUT2D eigenvalue weighted by Crippen LogP contribution is 2.50. The molecule has 3 heterocycles. The van der Waals surface area contributed by atoms with E-state index in [1.807, 2.05) is 0 Å². The van der Waals surface area contributed by atoms with Crippen molar-refractivity contribution in [1.82, 2.24) is 0 Å². The number of quaternary nitrogens is 1. The molecule has 2 aromatic rings. The van der Waals surface area contributed by atoms with Crippen molar-refractivity contribution in [2.24, 2.45) is 17.6 Å². The third-order valence-electron chi connectivity index (χ3n) is 7.15. The highest BCUT2D eigenvalue weighted by Gasteiger charge is 2.74. The third kappa shape index (κ3) is 2.86. The number of carbonyl (C=O) groups is 4. The van der Waals surface area contributed by atoms with Gasteiger partial charge in [-0.3, -0.25) is 29.3 Å². The van der Waals surface area contributed by atoms with Crippen LogP contribution < -0.4 is 21.3 Å². The number of rotatable bonds is 5. The molecule has 0 aliphatic carbocycles. The fourth-order valence-corrected chi connectivity index (χ4v) is 5.68. The molecular formula is C23H22N5O6+. The van der Waals surface area contributed by atoms with Crippen LogP contribution in [-0.2, 0) is 24.7 Å². The fourth-order valence-electron chi connectivity index (χ4n) is 5.68. The van der Waals surface area contributed by atoms with Crippen LogP contribution in [0.3, 0.4) is 0 Å². The van der Waals surface area contributed by atoms with Gasteiger partial charge in [-0.25, -0.2) is 4.90 Å². The highest BCUT2D eigenvalue weighted by molar-refractivity contribution is 6.25. The van der Waals surface area contributed by atoms with Crippen LogP contribution in [0.15, 0.2) is 42.5 Å². The summed E-state index contributed by atoms with van der Waals surface area (Å²) < 4.78 is 0. The Morgan fingerprint density at radius 3 is 2.65 bits per heavy atom. The number of amides is 4. The third-order valence-corrected chi connectivity index (χ3v) is 7.15. The van der Waals surface area contributed by atoms with Crippen molar-refractivity contribution in [3.63, 3.8) is 0 Å². The summed E-state index contributed by atoms with van der Waals surface area (Å²) in [6.45, 7) is 1.56. The van der Waals surface area contributed by atoms with Crippen LogP contribution in [0.1, 0.15) is 24.0 Å². The van der Waals surface area contributed by atoms with E-state index < -0.39 is 52.0 Å². The molecule has 174 valence electrons. The molecule has 0 radical (unpaired) electrons. The maximum Gasteiger partial charge on any atom is 0.291 e. The zero-order valence-electron chi connectivity index (χ0n) is 18.2. The van der Waals surface area contributed by atoms with Gasteiger partial charge in [0.1, 0.15) is 17.9 Å². The van der Waals surface area contributed by atoms with Crippen LogP contribution in [0.2, 0.25) is 0 Å². The Morgan fingerprint density at radius 2 is 1.94 bits per heavy atom. The van der Waals surface area contributed by atoms with Crippen molar-refractivity contribution in [2.75, 3.05) is 10.2 Å². The summed E-state index contributed by atoms with van der Waals surface area (Å²) >= 11 is 0. The van der Waals surface area contributed by atoms with Gasteiger partial charge in [0.25, 0.3) is 11.6 Å². The first kappa shape index (κ1) is 21.7. The van der Waals surface area contributed by atoms with Gasteiger partial charge in [0.15, 0.2) is 0 Å². The topological polar surface area (TPSA) is 169 Å². The van der Waals surface area contributed by atoms with Crippen LogP contribution in [0.4, 0.5) is 17.1 Å². The lowest BCUT2D eigenvalue weighted by molar-refractivity contribution is -0.733. The minimum atomic E-state index is -1.39. The molecule has 5 N–H and O–H groups in total. The molecule has 34 heavy (non-hydrogen) atoms. The van der Waals surface area contributed by atoms with Crippen molar-refractivity contribution in [3.05, 3.63) is 63.7 Å². The molecule has 4 amide bonds. The Bertz CT molecular complexity index is 1290. The molecule has 0 aromatic heterocycles. The second kappa shape index (κ2) is 7.45. The minimum absolute atomic E-state index is 0.0127. The number of nitrogens with two attached hydrogens (primary N) is 2. The Balaban J connectivity index is 1.64. The second-order valence-electron chi connectivity index (χ2n) is 8.95. The maximum atomic E-state index is 13.8. The summed E-state index contributed by atoms with van der Waals surface area (Å²) in [6.07, 6.45) is 0.190. The zero-order valence-corrected chi connectivity index (χ0v) is 18.2. The summed E-state index contributed by atoms with van der Waals surface area (Å²) in [7, 11) is 0. The molecule has 3 aliphatic heterocycles. The number of para-hydroxylation sites is 1. The van der Waals surface area contributed by atoms with Crippen molar-refractivity contribution in [2.45, 2.75) is 31.3 Å². The fraction of sp³-hybridized carbons (Fsp3) is 0.304. The zero-order chi connectivity index (χ0) is 24.4. The van der Waals surface area contributed by atoms with Crippen molar-refractivity contribution in [1.29, 1.82) is 0 Å². The molecule has 11 heteroatoms. The van der Waals surface area contributed by atoms with Gasteiger partial charge >= 0.3 is 0 Å². The standard InChI is InChI=1S/C23H21N5O6/c1-11-6-7-12(10-16(11)28(33)34)27-20(30)18-15(8-9-17(24)29)26-23(19(18)21(27)31)13-4-2-3-5-14(13)25-22(23)32/h2-7,10,15,18-19,26H,8-9H2,1H3,(H2,24,29)(H,25,32)/p+1/t15-,18-,19-,23+/m0/s1. The predicted molar refractivity (Wildman–Crippen MR) is 118 cm³/mol. The van der Waals surface area contributed by atoms with Crippen LogP contribution >= 0.6 is 0 Å². The second-order valence-corrected chi connectivity index (χ2v) is 8.95. The van der Waals surface area contributed by atoms with E-state index in [0.717, 1.165) is 4.90 Å². The van der Waals surface area contributed by atoms with Gasteiger partial charge in [-0.1, -0.05) is 24.3 Å². The Kier molecular flexibility index (Phi) is 4.76. The summed E-state index contributed by atoms with van der Waals surface area (Å²) in [4.78, 5) is 64.1. The van der Waals surface area contributed by atoms with E-state index in [4.69, 9.17) is 5.73 Å². The van der Waals surface area contributed by atoms with Crippen LogP contribution in [0.5, 0.6) is 0 Å². The molecule has 0 saturated carbocycles. The highest BCUT2D eigenvalue weighted by atomic mass is 16.6. The molecule has 1 spiro atoms. The number of anilines is 2. The van der Waals surface area contributed by atoms with E-state index >= 15 is 0 Å². The number of nitro groups is 1. The Morgan fingerprint density at radius 1 is 1.21 bits per heavy atom. The number of imide groups is 1. The maximum absolute atomic E-state index is 13.8. The van der Waals surface area contributed by atoms with E-state index in [2.05, 4.69) is 5.32 Å². The van der Waals surface area contributed by atoms with E-state index in [9.17, 15) is 29.3 Å². The van der Waals surface area contributed by atoms with E-state index in [1.54, 1.807) is 36.5 Å². The Labute approximate surface area is 193 Å². The number of nitrogens with zero attached hydrogens (tertiary/aromatic N) is 2. The molecule has 11 nitrogen and oxygen atoms in total. The number of carbonyl (C=O) groups excluding carboxylic acids is 4. The van der Waals surface area contributed by atoms with E-state index in [-0.39, 0.29) is 24.2 Å². The molecule has 3 aliphatic rings. The monoisotopic (exact) mass is 464 g/mol. The van der Waals surface area contributed by atoms with Crippen molar-refractivity contribution < 1.29 is 29.4 Å². The van der Waals surface area contributed by atoms with Gasteiger partial charge in [0.05, 0.1) is 16.3 Å². The largest absolute Gasteiger partial charge is 0.370 e. The molecule has 5 rings (SSSR count). The molecule has 0 unspecified atom stereocenters. The van der Waals surface area contributed by atoms with Crippen molar-refractivity contribution >= 4 is 40.7 Å². The number of hydrogen-bond donors (Lipinski definition) is 3. The van der Waals surface area contributed by atoms with E-state index in [1.165, 1.54) is 18.2 Å². The SMILES string of the molecule is Cc1ccc(N2C(=O)[C@H]3[C@H](CCC(N)=O)[NH2+][C@@]4(C(=O)Nc5ccccc54)[C@@H]3C2=O)cc1[N+](=O)[O-]. The van der Waals surface area contributed by atoms with Gasteiger partial charge in [-0.15, -0.1) is 0 Å². The number of nitro benzene ring substituents is 1. The smallest absolute Gasteiger partial charge is 0.291 e. The number of aryl methyl sites for hydroxylation is 1. The van der Waals surface area contributed by atoms with Gasteiger partial charge in [-0.05, 0) is 19.1 Å². The van der Waals surface area contributed by atoms with E-state index in [0.29, 0.717) is 16.8 Å². The lowest BCUT2D eigenvalue weighted by Crippen LogP contribution is -2.99. The lowest BCUT2D eigenvalue weighted by atomic mass is 9.76.